The SMILES string of the molecule is COc1cccc(/C=C/C(=O)OCC(=O)c2cc(C)n(Cc3ccco3)c2C)c1. The molecule has 0 radical (unpaired) electrons. The summed E-state index contributed by atoms with van der Waals surface area (Å²) >= 11 is 0. The predicted molar refractivity (Wildman–Crippen MR) is 109 cm³/mol. The van der Waals surface area contributed by atoms with Crippen molar-refractivity contribution in [2.75, 3.05) is 13.7 Å². The molecule has 0 spiro atoms. The van der Waals surface area contributed by atoms with Gasteiger partial charge in [-0.15, -0.1) is 0 Å². The zero-order valence-electron chi connectivity index (χ0n) is 16.7. The van der Waals surface area contributed by atoms with Gasteiger partial charge in [0.25, 0.3) is 0 Å². The molecule has 6 nitrogen and oxygen atoms in total. The molecule has 0 aliphatic carbocycles. The Labute approximate surface area is 169 Å². The maximum atomic E-state index is 12.5. The highest BCUT2D eigenvalue weighted by molar-refractivity contribution is 6.00. The highest BCUT2D eigenvalue weighted by Crippen LogP contribution is 2.18. The maximum absolute atomic E-state index is 12.5. The van der Waals surface area contributed by atoms with E-state index in [1.165, 1.54) is 6.08 Å². The minimum atomic E-state index is -0.578. The van der Waals surface area contributed by atoms with Gasteiger partial charge in [0, 0.05) is 23.0 Å². The van der Waals surface area contributed by atoms with E-state index in [0.717, 1.165) is 22.7 Å². The first-order chi connectivity index (χ1) is 14.0. The number of aromatic nitrogens is 1. The first kappa shape index (κ1) is 20.2. The molecular formula is C23H23NO5. The van der Waals surface area contributed by atoms with Crippen LogP contribution in [0.3, 0.4) is 0 Å². The number of hydrogen-bond donors (Lipinski definition) is 0. The molecule has 0 amide bonds. The molecule has 0 unspecified atom stereocenters. The fraction of sp³-hybridized carbons (Fsp3) is 0.217. The summed E-state index contributed by atoms with van der Waals surface area (Å²) in [6.07, 6.45) is 4.53. The van der Waals surface area contributed by atoms with Gasteiger partial charge in [-0.2, -0.15) is 0 Å². The molecule has 0 saturated carbocycles. The number of hydrogen-bond acceptors (Lipinski definition) is 5. The summed E-state index contributed by atoms with van der Waals surface area (Å²) in [7, 11) is 1.58. The number of aryl methyl sites for hydroxylation is 1. The molecule has 2 aromatic heterocycles. The van der Waals surface area contributed by atoms with E-state index in [2.05, 4.69) is 0 Å². The van der Waals surface area contributed by atoms with Crippen molar-refractivity contribution in [1.29, 1.82) is 0 Å². The molecule has 150 valence electrons. The van der Waals surface area contributed by atoms with Gasteiger partial charge in [-0.25, -0.2) is 4.79 Å². The summed E-state index contributed by atoms with van der Waals surface area (Å²) in [5, 5.41) is 0. The van der Waals surface area contributed by atoms with E-state index >= 15 is 0 Å². The molecule has 0 aliphatic rings. The smallest absolute Gasteiger partial charge is 0.331 e. The molecular weight excluding hydrogens is 370 g/mol. The second-order valence-corrected chi connectivity index (χ2v) is 6.59. The molecule has 0 saturated heterocycles. The zero-order chi connectivity index (χ0) is 20.8. The van der Waals surface area contributed by atoms with E-state index in [4.69, 9.17) is 13.9 Å². The van der Waals surface area contributed by atoms with Crippen LogP contribution in [-0.4, -0.2) is 30.0 Å². The number of esters is 1. The Morgan fingerprint density at radius 2 is 1.97 bits per heavy atom. The number of nitrogens with zero attached hydrogens (tertiary/aromatic N) is 1. The van der Waals surface area contributed by atoms with Crippen molar-refractivity contribution in [3.63, 3.8) is 0 Å². The minimum Gasteiger partial charge on any atom is -0.497 e. The summed E-state index contributed by atoms with van der Waals surface area (Å²) in [5.41, 5.74) is 3.09. The Bertz CT molecular complexity index is 1030. The van der Waals surface area contributed by atoms with Gasteiger partial charge in [0.1, 0.15) is 11.5 Å². The second-order valence-electron chi connectivity index (χ2n) is 6.59. The fourth-order valence-electron chi connectivity index (χ4n) is 3.06. The van der Waals surface area contributed by atoms with Gasteiger partial charge in [0.15, 0.2) is 6.61 Å². The highest BCUT2D eigenvalue weighted by Gasteiger charge is 2.17. The van der Waals surface area contributed by atoms with E-state index in [1.54, 1.807) is 31.6 Å². The fourth-order valence-corrected chi connectivity index (χ4v) is 3.06. The number of furan rings is 1. The maximum Gasteiger partial charge on any atom is 0.331 e. The summed E-state index contributed by atoms with van der Waals surface area (Å²) < 4.78 is 17.6. The number of benzene rings is 1. The van der Waals surface area contributed by atoms with Gasteiger partial charge in [-0.3, -0.25) is 4.79 Å². The third kappa shape index (κ3) is 5.04. The molecule has 29 heavy (non-hydrogen) atoms. The van der Waals surface area contributed by atoms with Crippen LogP contribution in [-0.2, 0) is 16.1 Å². The topological polar surface area (TPSA) is 70.7 Å². The summed E-state index contributed by atoms with van der Waals surface area (Å²) in [5.74, 6) is 0.679. The van der Waals surface area contributed by atoms with E-state index in [0.29, 0.717) is 17.9 Å². The third-order valence-corrected chi connectivity index (χ3v) is 4.62. The zero-order valence-corrected chi connectivity index (χ0v) is 16.7. The highest BCUT2D eigenvalue weighted by atomic mass is 16.5. The molecule has 0 atom stereocenters. The van der Waals surface area contributed by atoms with Gasteiger partial charge in [-0.05, 0) is 55.8 Å². The number of ketones is 1. The van der Waals surface area contributed by atoms with E-state index < -0.39 is 5.97 Å². The molecule has 0 aliphatic heterocycles. The number of carbonyl (C=O) groups is 2. The quantitative estimate of drug-likeness (QED) is 0.326. The third-order valence-electron chi connectivity index (χ3n) is 4.62. The van der Waals surface area contributed by atoms with Gasteiger partial charge >= 0.3 is 5.97 Å². The van der Waals surface area contributed by atoms with Crippen LogP contribution in [0.15, 0.2) is 59.2 Å². The first-order valence-electron chi connectivity index (χ1n) is 9.19. The number of Topliss-reactive ketones (excluding diaryl/α,β-unsaturated/α-hetero) is 1. The lowest BCUT2D eigenvalue weighted by Gasteiger charge is -2.08. The Kier molecular flexibility index (Phi) is 6.34. The molecule has 0 N–H and O–H groups in total. The summed E-state index contributed by atoms with van der Waals surface area (Å²) in [6, 6.07) is 12.8. The molecule has 0 fully saturated rings. The minimum absolute atomic E-state index is 0.244. The van der Waals surface area contributed by atoms with Crippen molar-refractivity contribution in [2.24, 2.45) is 0 Å². The Morgan fingerprint density at radius 3 is 2.69 bits per heavy atom. The molecule has 3 rings (SSSR count). The van der Waals surface area contributed by atoms with Crippen molar-refractivity contribution in [3.8, 4) is 5.75 Å². The Morgan fingerprint density at radius 1 is 1.14 bits per heavy atom. The van der Waals surface area contributed by atoms with Crippen LogP contribution in [0.1, 0.15) is 33.1 Å². The van der Waals surface area contributed by atoms with Gasteiger partial charge in [-0.1, -0.05) is 12.1 Å². The monoisotopic (exact) mass is 393 g/mol. The first-order valence-corrected chi connectivity index (χ1v) is 9.19. The van der Waals surface area contributed by atoms with Crippen LogP contribution in [0.2, 0.25) is 0 Å². The van der Waals surface area contributed by atoms with Crippen molar-refractivity contribution >= 4 is 17.8 Å². The summed E-state index contributed by atoms with van der Waals surface area (Å²) in [4.78, 5) is 24.5. The van der Waals surface area contributed by atoms with Gasteiger partial charge < -0.3 is 18.5 Å². The van der Waals surface area contributed by atoms with E-state index in [1.807, 2.05) is 48.7 Å². The predicted octanol–water partition coefficient (Wildman–Crippen LogP) is 4.19. The number of ether oxygens (including phenoxy) is 2. The van der Waals surface area contributed by atoms with Crippen LogP contribution in [0.5, 0.6) is 5.75 Å². The van der Waals surface area contributed by atoms with Gasteiger partial charge in [0.05, 0.1) is 19.9 Å². The normalized spacial score (nSPS) is 11.0. The van der Waals surface area contributed by atoms with Crippen LogP contribution in [0.4, 0.5) is 0 Å². The second kappa shape index (κ2) is 9.10. The molecule has 6 heteroatoms. The van der Waals surface area contributed by atoms with Crippen molar-refractivity contribution in [1.82, 2.24) is 4.57 Å². The molecule has 1 aromatic carbocycles. The largest absolute Gasteiger partial charge is 0.497 e. The van der Waals surface area contributed by atoms with Crippen molar-refractivity contribution in [2.45, 2.75) is 20.4 Å². The number of carbonyl (C=O) groups excluding carboxylic acids is 2. The van der Waals surface area contributed by atoms with Crippen molar-refractivity contribution < 1.29 is 23.5 Å². The van der Waals surface area contributed by atoms with Crippen LogP contribution < -0.4 is 4.74 Å². The van der Waals surface area contributed by atoms with Crippen molar-refractivity contribution in [3.05, 3.63) is 83.1 Å². The Hall–Kier alpha value is -3.54. The Balaban J connectivity index is 1.60. The van der Waals surface area contributed by atoms with Crippen LogP contribution >= 0.6 is 0 Å². The lowest BCUT2D eigenvalue weighted by Crippen LogP contribution is -2.13. The lowest BCUT2D eigenvalue weighted by atomic mass is 10.1. The molecule has 0 bridgehead atoms. The average molecular weight is 393 g/mol. The lowest BCUT2D eigenvalue weighted by molar-refractivity contribution is -0.136. The van der Waals surface area contributed by atoms with Gasteiger partial charge in [0.2, 0.25) is 5.78 Å². The number of rotatable bonds is 8. The average Bonchev–Trinajstić information content (AvgIpc) is 3.34. The van der Waals surface area contributed by atoms with E-state index in [9.17, 15) is 9.59 Å². The standard InChI is InChI=1S/C23H23NO5/c1-16-12-21(17(2)24(16)14-20-8-5-11-28-20)22(25)15-29-23(26)10-9-18-6-4-7-19(13-18)27-3/h4-13H,14-15H2,1-3H3/b10-9+. The van der Waals surface area contributed by atoms with Crippen LogP contribution in [0.25, 0.3) is 6.08 Å². The molecule has 3 aromatic rings. The number of methoxy groups -OCH3 is 1. The van der Waals surface area contributed by atoms with E-state index in [-0.39, 0.29) is 12.4 Å². The summed E-state index contributed by atoms with van der Waals surface area (Å²) in [6.45, 7) is 4.02. The van der Waals surface area contributed by atoms with Crippen LogP contribution in [0, 0.1) is 13.8 Å². The molecule has 2 heterocycles.